The van der Waals surface area contributed by atoms with Gasteiger partial charge in [0.25, 0.3) is 0 Å². The molecule has 0 fully saturated rings. The molecule has 0 saturated carbocycles. The Bertz CT molecular complexity index is 769. The maximum Gasteiger partial charge on any atom is 0.242 e. The molecule has 0 aliphatic heterocycles. The van der Waals surface area contributed by atoms with Crippen LogP contribution in [0.3, 0.4) is 0 Å². The molecule has 0 N–H and O–H groups in total. The van der Waals surface area contributed by atoms with E-state index in [9.17, 15) is 13.2 Å². The fourth-order valence-corrected chi connectivity index (χ4v) is 3.21. The minimum atomic E-state index is -3.46. The predicted octanol–water partition coefficient (Wildman–Crippen LogP) is 2.72. The van der Waals surface area contributed by atoms with Gasteiger partial charge in [0.1, 0.15) is 18.6 Å². The molecule has 122 valence electrons. The van der Waals surface area contributed by atoms with E-state index in [0.29, 0.717) is 17.9 Å². The van der Waals surface area contributed by atoms with Crippen LogP contribution in [0.2, 0.25) is 0 Å². The Balaban J connectivity index is 2.12. The summed E-state index contributed by atoms with van der Waals surface area (Å²) in [6.07, 6.45) is 0.766. The standard InChI is InChI=1S/C17H19NO4S/c1-3-18(2)23(20,21)17-6-4-5-15(11-17)13-22-16-9-7-14(12-19)8-10-16/h4-12H,3,13H2,1-2H3. The molecule has 0 atom stereocenters. The molecule has 2 aromatic carbocycles. The van der Waals surface area contributed by atoms with Crippen molar-refractivity contribution in [3.8, 4) is 5.75 Å². The maximum absolute atomic E-state index is 12.3. The molecule has 23 heavy (non-hydrogen) atoms. The maximum atomic E-state index is 12.3. The number of hydrogen-bond donors (Lipinski definition) is 0. The van der Waals surface area contributed by atoms with E-state index in [1.807, 2.05) is 6.07 Å². The van der Waals surface area contributed by atoms with E-state index in [1.165, 1.54) is 4.31 Å². The molecular formula is C17H19NO4S. The monoisotopic (exact) mass is 333 g/mol. The number of carbonyl (C=O) groups is 1. The highest BCUT2D eigenvalue weighted by Gasteiger charge is 2.19. The Morgan fingerprint density at radius 2 is 1.83 bits per heavy atom. The van der Waals surface area contributed by atoms with E-state index in [1.54, 1.807) is 56.4 Å². The van der Waals surface area contributed by atoms with Gasteiger partial charge in [0.2, 0.25) is 10.0 Å². The molecule has 6 heteroatoms. The number of sulfonamides is 1. The lowest BCUT2D eigenvalue weighted by atomic mass is 10.2. The smallest absolute Gasteiger partial charge is 0.242 e. The van der Waals surface area contributed by atoms with Gasteiger partial charge in [0, 0.05) is 19.2 Å². The van der Waals surface area contributed by atoms with Crippen molar-refractivity contribution in [1.82, 2.24) is 4.31 Å². The molecule has 5 nitrogen and oxygen atoms in total. The lowest BCUT2D eigenvalue weighted by Crippen LogP contribution is -2.26. The number of hydrogen-bond acceptors (Lipinski definition) is 4. The van der Waals surface area contributed by atoms with Crippen molar-refractivity contribution in [2.45, 2.75) is 18.4 Å². The minimum absolute atomic E-state index is 0.249. The summed E-state index contributed by atoms with van der Waals surface area (Å²) in [7, 11) is -1.92. The normalized spacial score (nSPS) is 11.4. The second kappa shape index (κ2) is 7.39. The van der Waals surface area contributed by atoms with Gasteiger partial charge in [0.15, 0.2) is 0 Å². The molecule has 0 bridgehead atoms. The van der Waals surface area contributed by atoms with Gasteiger partial charge < -0.3 is 4.74 Å². The number of carbonyl (C=O) groups excluding carboxylic acids is 1. The summed E-state index contributed by atoms with van der Waals surface area (Å²) >= 11 is 0. The summed E-state index contributed by atoms with van der Waals surface area (Å²) in [6, 6.07) is 13.4. The van der Waals surface area contributed by atoms with Crippen LogP contribution in [-0.2, 0) is 16.6 Å². The summed E-state index contributed by atoms with van der Waals surface area (Å²) in [5.41, 5.74) is 1.34. The molecule has 0 aromatic heterocycles. The summed E-state index contributed by atoms with van der Waals surface area (Å²) in [5, 5.41) is 0. The Hall–Kier alpha value is -2.18. The molecule has 0 aliphatic carbocycles. The number of ether oxygens (including phenoxy) is 1. The van der Waals surface area contributed by atoms with Gasteiger partial charge in [-0.3, -0.25) is 4.79 Å². The highest BCUT2D eigenvalue weighted by Crippen LogP contribution is 2.18. The van der Waals surface area contributed by atoms with Gasteiger partial charge in [0.05, 0.1) is 4.90 Å². The lowest BCUT2D eigenvalue weighted by Gasteiger charge is -2.15. The van der Waals surface area contributed by atoms with Crippen LogP contribution in [0.4, 0.5) is 0 Å². The zero-order valence-electron chi connectivity index (χ0n) is 13.1. The first kappa shape index (κ1) is 17.2. The summed E-state index contributed by atoms with van der Waals surface area (Å²) in [4.78, 5) is 10.9. The zero-order chi connectivity index (χ0) is 16.9. The van der Waals surface area contributed by atoms with Crippen LogP contribution in [0, 0.1) is 0 Å². The largest absolute Gasteiger partial charge is 0.489 e. The van der Waals surface area contributed by atoms with Gasteiger partial charge in [-0.25, -0.2) is 12.7 Å². The highest BCUT2D eigenvalue weighted by molar-refractivity contribution is 7.89. The van der Waals surface area contributed by atoms with Crippen LogP contribution in [-0.4, -0.2) is 32.6 Å². The van der Waals surface area contributed by atoms with Crippen molar-refractivity contribution in [3.05, 3.63) is 59.7 Å². The SMILES string of the molecule is CCN(C)S(=O)(=O)c1cccc(COc2ccc(C=O)cc2)c1. The first-order valence-corrected chi connectivity index (χ1v) is 8.64. The summed E-state index contributed by atoms with van der Waals surface area (Å²) in [5.74, 6) is 0.620. The Morgan fingerprint density at radius 3 is 2.43 bits per heavy atom. The van der Waals surface area contributed by atoms with Crippen molar-refractivity contribution in [2.24, 2.45) is 0 Å². The number of aldehydes is 1. The van der Waals surface area contributed by atoms with Crippen molar-refractivity contribution in [3.63, 3.8) is 0 Å². The Morgan fingerprint density at radius 1 is 1.13 bits per heavy atom. The molecular weight excluding hydrogens is 314 g/mol. The molecule has 2 rings (SSSR count). The quantitative estimate of drug-likeness (QED) is 0.731. The number of rotatable bonds is 7. The van der Waals surface area contributed by atoms with Gasteiger partial charge >= 0.3 is 0 Å². The lowest BCUT2D eigenvalue weighted by molar-refractivity contribution is 0.112. The number of nitrogens with zero attached hydrogens (tertiary/aromatic N) is 1. The van der Waals surface area contributed by atoms with E-state index in [0.717, 1.165) is 11.8 Å². The van der Waals surface area contributed by atoms with Crippen molar-refractivity contribution >= 4 is 16.3 Å². The summed E-state index contributed by atoms with van der Waals surface area (Å²) in [6.45, 7) is 2.44. The Kier molecular flexibility index (Phi) is 5.52. The molecule has 0 heterocycles. The van der Waals surface area contributed by atoms with E-state index in [-0.39, 0.29) is 11.5 Å². The van der Waals surface area contributed by atoms with Crippen LogP contribution in [0.15, 0.2) is 53.4 Å². The topological polar surface area (TPSA) is 63.7 Å². The second-order valence-corrected chi connectivity index (χ2v) is 7.09. The fourth-order valence-electron chi connectivity index (χ4n) is 1.95. The van der Waals surface area contributed by atoms with Crippen molar-refractivity contribution in [2.75, 3.05) is 13.6 Å². The zero-order valence-corrected chi connectivity index (χ0v) is 13.9. The number of benzene rings is 2. The van der Waals surface area contributed by atoms with Crippen LogP contribution in [0.5, 0.6) is 5.75 Å². The van der Waals surface area contributed by atoms with E-state index < -0.39 is 10.0 Å². The molecule has 0 saturated heterocycles. The van der Waals surface area contributed by atoms with Crippen LogP contribution < -0.4 is 4.74 Å². The molecule has 2 aromatic rings. The predicted molar refractivity (Wildman–Crippen MR) is 88.1 cm³/mol. The average Bonchev–Trinajstić information content (AvgIpc) is 2.59. The summed E-state index contributed by atoms with van der Waals surface area (Å²) < 4.78 is 31.5. The third kappa shape index (κ3) is 4.18. The third-order valence-electron chi connectivity index (χ3n) is 3.47. The average molecular weight is 333 g/mol. The molecule has 0 spiro atoms. The third-order valence-corrected chi connectivity index (χ3v) is 5.40. The van der Waals surface area contributed by atoms with Crippen LogP contribution in [0.25, 0.3) is 0 Å². The van der Waals surface area contributed by atoms with Gasteiger partial charge in [-0.05, 0) is 42.0 Å². The van der Waals surface area contributed by atoms with Crippen LogP contribution >= 0.6 is 0 Å². The molecule has 0 aliphatic rings. The van der Waals surface area contributed by atoms with E-state index >= 15 is 0 Å². The Labute approximate surface area is 136 Å². The van der Waals surface area contributed by atoms with Crippen LogP contribution in [0.1, 0.15) is 22.8 Å². The van der Waals surface area contributed by atoms with E-state index in [4.69, 9.17) is 4.74 Å². The molecule has 0 unspecified atom stereocenters. The second-order valence-electron chi connectivity index (χ2n) is 5.04. The fraction of sp³-hybridized carbons (Fsp3) is 0.235. The van der Waals surface area contributed by atoms with E-state index in [2.05, 4.69) is 0 Å². The first-order chi connectivity index (χ1) is 11.0. The van der Waals surface area contributed by atoms with Gasteiger partial charge in [-0.1, -0.05) is 19.1 Å². The molecule has 0 amide bonds. The highest BCUT2D eigenvalue weighted by atomic mass is 32.2. The minimum Gasteiger partial charge on any atom is -0.489 e. The van der Waals surface area contributed by atoms with Crippen molar-refractivity contribution < 1.29 is 17.9 Å². The van der Waals surface area contributed by atoms with Gasteiger partial charge in [-0.2, -0.15) is 0 Å². The van der Waals surface area contributed by atoms with Gasteiger partial charge in [-0.15, -0.1) is 0 Å². The first-order valence-electron chi connectivity index (χ1n) is 7.20. The molecule has 0 radical (unpaired) electrons. The van der Waals surface area contributed by atoms with Crippen molar-refractivity contribution in [1.29, 1.82) is 0 Å².